The van der Waals surface area contributed by atoms with Gasteiger partial charge in [0.05, 0.1) is 33.9 Å². The zero-order valence-electron chi connectivity index (χ0n) is 34.6. The van der Waals surface area contributed by atoms with Crippen LogP contribution in [-0.4, -0.2) is 102 Å². The molecule has 0 unspecified atom stereocenters. The van der Waals surface area contributed by atoms with Gasteiger partial charge in [-0.25, -0.2) is 4.98 Å². The summed E-state index contributed by atoms with van der Waals surface area (Å²) < 4.78 is 11.8. The number of nitrogens with zero attached hydrogens (tertiary/aromatic N) is 6. The van der Waals surface area contributed by atoms with Gasteiger partial charge in [0.2, 0.25) is 11.8 Å². The van der Waals surface area contributed by atoms with E-state index in [-0.39, 0.29) is 42.5 Å². The first-order chi connectivity index (χ1) is 28.9. The molecule has 6 aromatic rings. The first-order valence-corrected chi connectivity index (χ1v) is 21.6. The van der Waals surface area contributed by atoms with Crippen LogP contribution in [0.5, 0.6) is 11.6 Å². The van der Waals surface area contributed by atoms with Gasteiger partial charge in [-0.1, -0.05) is 50.2 Å². The Hall–Kier alpha value is -5.64. The molecule has 0 radical (unpaired) electrons. The van der Waals surface area contributed by atoms with E-state index >= 15 is 0 Å². The number of aromatic amines is 1. The number of piperidine rings is 1. The molecule has 2 amide bonds. The van der Waals surface area contributed by atoms with Crippen LogP contribution < -0.4 is 10.1 Å². The number of thiazole rings is 1. The monoisotopic (exact) mass is 832 g/mol. The average Bonchev–Trinajstić information content (AvgIpc) is 4.04. The third-order valence-corrected chi connectivity index (χ3v) is 13.0. The Morgan fingerprint density at radius 3 is 2.53 bits per heavy atom. The Labute approximate surface area is 353 Å². The number of likely N-dealkylation sites (tertiary alicyclic amines) is 2. The number of phenols is 1. The highest BCUT2D eigenvalue weighted by atomic mass is 32.1. The number of carbonyl (C=O) groups excluding carboxylic acids is 2. The summed E-state index contributed by atoms with van der Waals surface area (Å²) in [5, 5.41) is 38.2. The van der Waals surface area contributed by atoms with Gasteiger partial charge in [0.15, 0.2) is 11.4 Å². The van der Waals surface area contributed by atoms with Crippen molar-refractivity contribution >= 4 is 34.2 Å². The highest BCUT2D eigenvalue weighted by molar-refractivity contribution is 7.13. The number of fused-ring (bicyclic) bond motifs is 1. The van der Waals surface area contributed by atoms with E-state index in [0.717, 1.165) is 64.4 Å². The van der Waals surface area contributed by atoms with Crippen molar-refractivity contribution in [2.45, 2.75) is 83.9 Å². The summed E-state index contributed by atoms with van der Waals surface area (Å²) in [6.45, 7) is 12.8. The van der Waals surface area contributed by atoms with Crippen LogP contribution in [0, 0.1) is 19.8 Å². The number of carbonyl (C=O) groups is 2. The predicted octanol–water partition coefficient (Wildman–Crippen LogP) is 6.90. The van der Waals surface area contributed by atoms with Gasteiger partial charge in [-0.2, -0.15) is 0 Å². The highest BCUT2D eigenvalue weighted by Gasteiger charge is 2.43. The number of benzene rings is 2. The van der Waals surface area contributed by atoms with Crippen molar-refractivity contribution < 1.29 is 29.1 Å². The average molecular weight is 833 g/mol. The van der Waals surface area contributed by atoms with Gasteiger partial charge in [0, 0.05) is 42.2 Å². The van der Waals surface area contributed by atoms with Crippen molar-refractivity contribution in [3.63, 3.8) is 0 Å². The second-order valence-corrected chi connectivity index (χ2v) is 17.3. The van der Waals surface area contributed by atoms with Crippen LogP contribution in [0.3, 0.4) is 0 Å². The Balaban J connectivity index is 0.850. The van der Waals surface area contributed by atoms with E-state index in [2.05, 4.69) is 42.5 Å². The third-order valence-electron chi connectivity index (χ3n) is 12.0. The second-order valence-electron chi connectivity index (χ2n) is 16.4. The molecule has 4 atom stereocenters. The molecule has 8 rings (SSSR count). The van der Waals surface area contributed by atoms with Crippen molar-refractivity contribution in [1.82, 2.24) is 40.4 Å². The number of phenolic OH excluding ortho intramolecular Hbond substituents is 1. The minimum absolute atomic E-state index is 0.0544. The van der Waals surface area contributed by atoms with Gasteiger partial charge in [-0.15, -0.1) is 21.5 Å². The van der Waals surface area contributed by atoms with Crippen molar-refractivity contribution in [1.29, 1.82) is 0 Å². The summed E-state index contributed by atoms with van der Waals surface area (Å²) in [5.74, 6) is -0.314. The molecule has 4 aromatic heterocycles. The maximum Gasteiger partial charge on any atom is 0.254 e. The number of hydrogen-bond acceptors (Lipinski definition) is 12. The molecule has 0 bridgehead atoms. The summed E-state index contributed by atoms with van der Waals surface area (Å²) in [6.07, 6.45) is 1.27. The van der Waals surface area contributed by atoms with Crippen LogP contribution in [0.25, 0.3) is 32.7 Å². The molecule has 6 heterocycles. The smallest absolute Gasteiger partial charge is 0.254 e. The quantitative estimate of drug-likeness (QED) is 0.0951. The zero-order chi connectivity index (χ0) is 42.1. The molecule has 2 aliphatic rings. The number of aromatic hydroxyl groups is 1. The Morgan fingerprint density at radius 1 is 1.05 bits per heavy atom. The van der Waals surface area contributed by atoms with E-state index in [4.69, 9.17) is 9.26 Å². The number of aryl methyl sites for hydroxylation is 2. The lowest BCUT2D eigenvalue weighted by atomic mass is 9.87. The predicted molar refractivity (Wildman–Crippen MR) is 229 cm³/mol. The molecule has 2 aromatic carbocycles. The largest absolute Gasteiger partial charge is 0.507 e. The normalized spacial score (nSPS) is 18.6. The van der Waals surface area contributed by atoms with E-state index < -0.39 is 18.1 Å². The van der Waals surface area contributed by atoms with Crippen LogP contribution in [0.15, 0.2) is 70.7 Å². The fourth-order valence-corrected chi connectivity index (χ4v) is 9.62. The van der Waals surface area contributed by atoms with E-state index in [0.29, 0.717) is 42.0 Å². The molecule has 14 nitrogen and oxygen atoms in total. The van der Waals surface area contributed by atoms with Gasteiger partial charge < -0.3 is 34.7 Å². The molecule has 0 aliphatic carbocycles. The Bertz CT molecular complexity index is 2450. The lowest BCUT2D eigenvalue weighted by Gasteiger charge is -2.32. The maximum atomic E-state index is 14.2. The van der Waals surface area contributed by atoms with Crippen molar-refractivity contribution in [2.75, 3.05) is 32.8 Å². The number of aliphatic hydroxyl groups is 1. The fourth-order valence-electron chi connectivity index (χ4n) is 8.81. The Morgan fingerprint density at radius 2 is 1.82 bits per heavy atom. The third kappa shape index (κ3) is 8.51. The minimum atomic E-state index is -0.826. The molecule has 0 spiro atoms. The molecular weight excluding hydrogens is 781 g/mol. The number of para-hydroxylation sites is 1. The molecule has 4 N–H and O–H groups in total. The summed E-state index contributed by atoms with van der Waals surface area (Å²) in [7, 11) is 0. The number of aromatic nitrogens is 5. The minimum Gasteiger partial charge on any atom is -0.507 e. The number of rotatable bonds is 13. The van der Waals surface area contributed by atoms with E-state index in [9.17, 15) is 19.8 Å². The number of aliphatic hydroxyl groups excluding tert-OH is 1. The Kier molecular flexibility index (Phi) is 12.0. The summed E-state index contributed by atoms with van der Waals surface area (Å²) in [4.78, 5) is 40.6. The van der Waals surface area contributed by atoms with Crippen LogP contribution in [0.2, 0.25) is 0 Å². The number of β-amino-alcohol motifs (C(OH)–C–C–N with tert-alkyl or cyclic N) is 1. The van der Waals surface area contributed by atoms with Gasteiger partial charge in [0.25, 0.3) is 5.88 Å². The second kappa shape index (κ2) is 17.5. The van der Waals surface area contributed by atoms with Gasteiger partial charge in [0.1, 0.15) is 24.3 Å². The molecular formula is C45H52N8O6S. The fraction of sp³-hybridized carbons (Fsp3) is 0.422. The molecule has 60 heavy (non-hydrogen) atoms. The van der Waals surface area contributed by atoms with Crippen LogP contribution >= 0.6 is 11.3 Å². The van der Waals surface area contributed by atoms with Crippen molar-refractivity contribution in [3.8, 4) is 33.3 Å². The van der Waals surface area contributed by atoms with Gasteiger partial charge in [-0.05, 0) is 98.6 Å². The first-order valence-electron chi connectivity index (χ1n) is 20.7. The van der Waals surface area contributed by atoms with E-state index in [1.165, 1.54) is 10.5 Å². The maximum absolute atomic E-state index is 14.2. The number of nitrogens with one attached hydrogen (secondary N) is 2. The van der Waals surface area contributed by atoms with Gasteiger partial charge >= 0.3 is 0 Å². The number of amides is 2. The molecule has 15 heteroatoms. The number of ether oxygens (including phenoxy) is 1. The topological polar surface area (TPSA) is 183 Å². The van der Waals surface area contributed by atoms with E-state index in [1.807, 2.05) is 75.7 Å². The molecule has 314 valence electrons. The van der Waals surface area contributed by atoms with E-state index in [1.54, 1.807) is 29.5 Å². The lowest BCUT2D eigenvalue weighted by molar-refractivity contribution is -0.141. The van der Waals surface area contributed by atoms with Crippen molar-refractivity contribution in [2.24, 2.45) is 5.92 Å². The first kappa shape index (κ1) is 41.1. The SMILES string of the molecule is Cc1ncsc1-c1ccc([C@H](C)NC(=O)[C@@H]2C[C@@H](O)CN2C(=O)[C@@H](c2cc(OCCN3CCC(c4c(C)[nH]c5nnc(-c6ccccc6O)cc45)CC3)no2)C(C)C)cc1. The van der Waals surface area contributed by atoms with Crippen LogP contribution in [0.4, 0.5) is 0 Å². The summed E-state index contributed by atoms with van der Waals surface area (Å²) >= 11 is 1.59. The molecule has 2 aliphatic heterocycles. The van der Waals surface area contributed by atoms with Gasteiger partial charge in [-0.3, -0.25) is 14.5 Å². The standard InChI is InChI=1S/C45H52N8O6S/c1-25(2)40(45(57)53-23-32(54)20-36(53)44(56)48-26(3)29-10-12-31(13-11-29)42-28(5)46-24-60-42)38-22-39(51-59-38)58-19-18-52-16-14-30(15-17-52)41-27(4)47-43-34(41)21-35(49-50-43)33-8-6-7-9-37(33)55/h6-13,21-22,24-26,30,32,36,40,54-55H,14-20,23H2,1-5H3,(H,47,50)(H,48,56)/t26-,32+,36-,40+/m0/s1. The van der Waals surface area contributed by atoms with Crippen LogP contribution in [-0.2, 0) is 9.59 Å². The number of hydrogen-bond donors (Lipinski definition) is 4. The number of H-pyrrole nitrogens is 1. The van der Waals surface area contributed by atoms with Crippen LogP contribution in [0.1, 0.15) is 86.2 Å². The summed E-state index contributed by atoms with van der Waals surface area (Å²) in [5.41, 5.74) is 9.20. The molecule has 2 fully saturated rings. The molecule has 0 saturated carbocycles. The zero-order valence-corrected chi connectivity index (χ0v) is 35.4. The van der Waals surface area contributed by atoms with Crippen molar-refractivity contribution in [3.05, 3.63) is 94.4 Å². The lowest BCUT2D eigenvalue weighted by Crippen LogP contribution is -2.48. The highest BCUT2D eigenvalue weighted by Crippen LogP contribution is 2.38. The summed E-state index contributed by atoms with van der Waals surface area (Å²) in [6, 6.07) is 17.8. The molecule has 2 saturated heterocycles.